The SMILES string of the molecule is NC(=O)NC1CCN(Cc2ccc(Cl)cc2)C1. The summed E-state index contributed by atoms with van der Waals surface area (Å²) in [5, 5.41) is 3.50. The summed E-state index contributed by atoms with van der Waals surface area (Å²) >= 11 is 5.83. The first-order chi connectivity index (χ1) is 8.13. The van der Waals surface area contributed by atoms with E-state index in [4.69, 9.17) is 17.3 Å². The number of likely N-dealkylation sites (tertiary alicyclic amines) is 1. The number of halogens is 1. The van der Waals surface area contributed by atoms with Gasteiger partial charge in [0.15, 0.2) is 0 Å². The summed E-state index contributed by atoms with van der Waals surface area (Å²) in [7, 11) is 0. The van der Waals surface area contributed by atoms with Crippen LogP contribution in [-0.4, -0.2) is 30.1 Å². The molecule has 0 aromatic heterocycles. The molecule has 0 saturated carbocycles. The van der Waals surface area contributed by atoms with Crippen molar-refractivity contribution in [1.82, 2.24) is 10.2 Å². The molecule has 1 aliphatic rings. The average molecular weight is 254 g/mol. The summed E-state index contributed by atoms with van der Waals surface area (Å²) in [5.74, 6) is 0. The molecule has 1 aliphatic heterocycles. The van der Waals surface area contributed by atoms with Gasteiger partial charge >= 0.3 is 6.03 Å². The fraction of sp³-hybridized carbons (Fsp3) is 0.417. The maximum atomic E-state index is 10.7. The van der Waals surface area contributed by atoms with Crippen LogP contribution in [0.2, 0.25) is 5.02 Å². The Morgan fingerprint density at radius 3 is 2.82 bits per heavy atom. The summed E-state index contributed by atoms with van der Waals surface area (Å²) in [4.78, 5) is 13.0. The van der Waals surface area contributed by atoms with Gasteiger partial charge in [-0.2, -0.15) is 0 Å². The molecule has 17 heavy (non-hydrogen) atoms. The van der Waals surface area contributed by atoms with Crippen molar-refractivity contribution in [2.24, 2.45) is 5.73 Å². The molecule has 0 spiro atoms. The summed E-state index contributed by atoms with van der Waals surface area (Å²) in [6.45, 7) is 2.72. The number of benzene rings is 1. The molecule has 1 aromatic carbocycles. The lowest BCUT2D eigenvalue weighted by atomic mass is 10.2. The fourth-order valence-electron chi connectivity index (χ4n) is 2.14. The van der Waals surface area contributed by atoms with Gasteiger partial charge in [-0.15, -0.1) is 0 Å². The number of rotatable bonds is 3. The molecule has 1 unspecified atom stereocenters. The van der Waals surface area contributed by atoms with Gasteiger partial charge in [-0.3, -0.25) is 4.90 Å². The number of carbonyl (C=O) groups is 1. The van der Waals surface area contributed by atoms with E-state index in [2.05, 4.69) is 10.2 Å². The third-order valence-corrected chi connectivity index (χ3v) is 3.19. The van der Waals surface area contributed by atoms with Crippen LogP contribution in [-0.2, 0) is 6.54 Å². The number of hydrogen-bond acceptors (Lipinski definition) is 2. The van der Waals surface area contributed by atoms with E-state index in [0.29, 0.717) is 0 Å². The molecular formula is C12H16ClN3O. The highest BCUT2D eigenvalue weighted by Crippen LogP contribution is 2.15. The maximum absolute atomic E-state index is 10.7. The summed E-state index contributed by atoms with van der Waals surface area (Å²) in [6.07, 6.45) is 0.955. The normalized spacial score (nSPS) is 20.4. The zero-order chi connectivity index (χ0) is 12.3. The van der Waals surface area contributed by atoms with E-state index in [1.807, 2.05) is 24.3 Å². The highest BCUT2D eigenvalue weighted by molar-refractivity contribution is 6.30. The van der Waals surface area contributed by atoms with Crippen molar-refractivity contribution < 1.29 is 4.79 Å². The van der Waals surface area contributed by atoms with Crippen molar-refractivity contribution in [2.45, 2.75) is 19.0 Å². The van der Waals surface area contributed by atoms with Crippen LogP contribution in [0.25, 0.3) is 0 Å². The number of urea groups is 1. The molecule has 92 valence electrons. The Labute approximate surface area is 106 Å². The predicted molar refractivity (Wildman–Crippen MR) is 67.9 cm³/mol. The van der Waals surface area contributed by atoms with E-state index in [9.17, 15) is 4.79 Å². The minimum absolute atomic E-state index is 0.180. The average Bonchev–Trinajstić information content (AvgIpc) is 2.68. The van der Waals surface area contributed by atoms with E-state index in [-0.39, 0.29) is 6.04 Å². The molecule has 1 heterocycles. The number of carbonyl (C=O) groups excluding carboxylic acids is 1. The summed E-state index contributed by atoms with van der Waals surface area (Å²) < 4.78 is 0. The monoisotopic (exact) mass is 253 g/mol. The second kappa shape index (κ2) is 5.38. The topological polar surface area (TPSA) is 58.4 Å². The van der Waals surface area contributed by atoms with Gasteiger partial charge in [-0.05, 0) is 24.1 Å². The van der Waals surface area contributed by atoms with Gasteiger partial charge in [-0.1, -0.05) is 23.7 Å². The van der Waals surface area contributed by atoms with Gasteiger partial charge in [0, 0.05) is 30.7 Å². The zero-order valence-electron chi connectivity index (χ0n) is 9.53. The molecule has 2 rings (SSSR count). The highest BCUT2D eigenvalue weighted by Gasteiger charge is 2.22. The maximum Gasteiger partial charge on any atom is 0.312 e. The standard InChI is InChI=1S/C12H16ClN3O/c13-10-3-1-9(2-4-10)7-16-6-5-11(8-16)15-12(14)17/h1-4,11H,5-8H2,(H3,14,15,17). The number of primary amides is 1. The Morgan fingerprint density at radius 1 is 1.47 bits per heavy atom. The van der Waals surface area contributed by atoms with Crippen molar-refractivity contribution >= 4 is 17.6 Å². The van der Waals surface area contributed by atoms with E-state index in [0.717, 1.165) is 31.1 Å². The molecule has 0 bridgehead atoms. The van der Waals surface area contributed by atoms with Crippen LogP contribution in [0.5, 0.6) is 0 Å². The lowest BCUT2D eigenvalue weighted by Crippen LogP contribution is -2.40. The van der Waals surface area contributed by atoms with Crippen LogP contribution in [0.15, 0.2) is 24.3 Å². The second-order valence-corrected chi connectivity index (χ2v) is 4.79. The van der Waals surface area contributed by atoms with Crippen LogP contribution >= 0.6 is 11.6 Å². The first-order valence-corrected chi connectivity index (χ1v) is 6.04. The van der Waals surface area contributed by atoms with E-state index in [1.165, 1.54) is 5.56 Å². The molecule has 5 heteroatoms. The second-order valence-electron chi connectivity index (χ2n) is 4.36. The number of amides is 2. The van der Waals surface area contributed by atoms with Crippen molar-refractivity contribution in [3.63, 3.8) is 0 Å². The van der Waals surface area contributed by atoms with E-state index >= 15 is 0 Å². The molecule has 1 aromatic rings. The summed E-state index contributed by atoms with van der Waals surface area (Å²) in [6, 6.07) is 7.58. The van der Waals surface area contributed by atoms with Crippen molar-refractivity contribution in [3.05, 3.63) is 34.9 Å². The Balaban J connectivity index is 1.85. The number of nitrogens with zero attached hydrogens (tertiary/aromatic N) is 1. The highest BCUT2D eigenvalue weighted by atomic mass is 35.5. The van der Waals surface area contributed by atoms with Crippen LogP contribution in [0.1, 0.15) is 12.0 Å². The molecular weight excluding hydrogens is 238 g/mol. The van der Waals surface area contributed by atoms with Gasteiger partial charge in [0.2, 0.25) is 0 Å². The predicted octanol–water partition coefficient (Wildman–Crippen LogP) is 1.58. The molecule has 2 amide bonds. The van der Waals surface area contributed by atoms with Gasteiger partial charge in [-0.25, -0.2) is 4.79 Å². The number of hydrogen-bond donors (Lipinski definition) is 2. The minimum Gasteiger partial charge on any atom is -0.352 e. The van der Waals surface area contributed by atoms with Crippen LogP contribution in [0.3, 0.4) is 0 Å². The Hall–Kier alpha value is -1.26. The van der Waals surface area contributed by atoms with Gasteiger partial charge < -0.3 is 11.1 Å². The van der Waals surface area contributed by atoms with Crippen molar-refractivity contribution in [2.75, 3.05) is 13.1 Å². The lowest BCUT2D eigenvalue weighted by molar-refractivity contribution is 0.244. The molecule has 3 N–H and O–H groups in total. The number of nitrogens with one attached hydrogen (secondary N) is 1. The molecule has 0 radical (unpaired) electrons. The molecule has 4 nitrogen and oxygen atoms in total. The molecule has 1 fully saturated rings. The van der Waals surface area contributed by atoms with Gasteiger partial charge in [0.05, 0.1) is 0 Å². The molecule has 0 aliphatic carbocycles. The fourth-order valence-corrected chi connectivity index (χ4v) is 2.27. The quantitative estimate of drug-likeness (QED) is 0.859. The zero-order valence-corrected chi connectivity index (χ0v) is 10.3. The van der Waals surface area contributed by atoms with E-state index < -0.39 is 6.03 Å². The lowest BCUT2D eigenvalue weighted by Gasteiger charge is -2.16. The third kappa shape index (κ3) is 3.61. The largest absolute Gasteiger partial charge is 0.352 e. The number of nitrogens with two attached hydrogens (primary N) is 1. The van der Waals surface area contributed by atoms with Gasteiger partial charge in [0.1, 0.15) is 0 Å². The van der Waals surface area contributed by atoms with Crippen molar-refractivity contribution in [1.29, 1.82) is 0 Å². The molecule has 1 atom stereocenters. The third-order valence-electron chi connectivity index (χ3n) is 2.94. The first-order valence-electron chi connectivity index (χ1n) is 5.66. The Bertz CT molecular complexity index is 393. The molecule has 1 saturated heterocycles. The van der Waals surface area contributed by atoms with Gasteiger partial charge in [0.25, 0.3) is 0 Å². The summed E-state index contributed by atoms with van der Waals surface area (Å²) in [5.41, 5.74) is 6.33. The first kappa shape index (κ1) is 12.2. The minimum atomic E-state index is -0.441. The van der Waals surface area contributed by atoms with Crippen molar-refractivity contribution in [3.8, 4) is 0 Å². The smallest absolute Gasteiger partial charge is 0.312 e. The Kier molecular flexibility index (Phi) is 3.86. The van der Waals surface area contributed by atoms with E-state index in [1.54, 1.807) is 0 Å². The van der Waals surface area contributed by atoms with Crippen LogP contribution < -0.4 is 11.1 Å². The van der Waals surface area contributed by atoms with Crippen LogP contribution in [0, 0.1) is 0 Å². The van der Waals surface area contributed by atoms with Crippen LogP contribution in [0.4, 0.5) is 4.79 Å². The Morgan fingerprint density at radius 2 is 2.18 bits per heavy atom.